The zero-order valence-corrected chi connectivity index (χ0v) is 11.0. The van der Waals surface area contributed by atoms with E-state index in [4.69, 9.17) is 4.74 Å². The Labute approximate surface area is 116 Å². The van der Waals surface area contributed by atoms with Crippen LogP contribution in [0.3, 0.4) is 0 Å². The van der Waals surface area contributed by atoms with E-state index in [2.05, 4.69) is 0 Å². The number of esters is 1. The van der Waals surface area contributed by atoms with E-state index in [1.165, 1.54) is 18.2 Å². The Morgan fingerprint density at radius 1 is 1.05 bits per heavy atom. The molecule has 0 unspecified atom stereocenters. The predicted octanol–water partition coefficient (Wildman–Crippen LogP) is 2.80. The predicted molar refractivity (Wildman–Crippen MR) is 73.9 cm³/mol. The fourth-order valence-corrected chi connectivity index (χ4v) is 1.82. The van der Waals surface area contributed by atoms with Crippen molar-refractivity contribution in [3.8, 4) is 5.75 Å². The monoisotopic (exact) mass is 270 g/mol. The van der Waals surface area contributed by atoms with Crippen molar-refractivity contribution in [2.75, 3.05) is 6.61 Å². The highest BCUT2D eigenvalue weighted by atomic mass is 16.5. The molecule has 4 heteroatoms. The highest BCUT2D eigenvalue weighted by Gasteiger charge is 2.15. The number of benzene rings is 2. The van der Waals surface area contributed by atoms with Gasteiger partial charge in [-0.15, -0.1) is 0 Å². The summed E-state index contributed by atoms with van der Waals surface area (Å²) in [5.41, 5.74) is 0.846. The molecule has 0 amide bonds. The molecule has 2 aromatic rings. The summed E-state index contributed by atoms with van der Waals surface area (Å²) in [7, 11) is 0. The van der Waals surface area contributed by atoms with Crippen LogP contribution in [0.25, 0.3) is 0 Å². The van der Waals surface area contributed by atoms with Crippen molar-refractivity contribution < 1.29 is 19.4 Å². The molecule has 0 fully saturated rings. The van der Waals surface area contributed by atoms with Crippen LogP contribution in [0.4, 0.5) is 0 Å². The minimum Gasteiger partial charge on any atom is -0.507 e. The van der Waals surface area contributed by atoms with Gasteiger partial charge in [-0.25, -0.2) is 4.79 Å². The molecule has 0 saturated carbocycles. The summed E-state index contributed by atoms with van der Waals surface area (Å²) in [6.07, 6.45) is 0. The maximum Gasteiger partial charge on any atom is 0.338 e. The smallest absolute Gasteiger partial charge is 0.338 e. The molecule has 0 radical (unpaired) electrons. The molecule has 0 saturated heterocycles. The molecule has 0 spiro atoms. The Bertz CT molecular complexity index is 646. The number of rotatable bonds is 4. The first-order valence-corrected chi connectivity index (χ1v) is 6.23. The van der Waals surface area contributed by atoms with Crippen LogP contribution in [0.15, 0.2) is 48.5 Å². The van der Waals surface area contributed by atoms with Gasteiger partial charge in [0.25, 0.3) is 0 Å². The lowest BCUT2D eigenvalue weighted by molar-refractivity contribution is 0.0526. The Hall–Kier alpha value is -2.62. The SMILES string of the molecule is CCOC(=O)c1cccc(C(=O)c2ccccc2O)c1. The average Bonchev–Trinajstić information content (AvgIpc) is 2.47. The maximum absolute atomic E-state index is 12.3. The third-order valence-corrected chi connectivity index (χ3v) is 2.78. The second kappa shape index (κ2) is 6.02. The first-order chi connectivity index (χ1) is 9.63. The summed E-state index contributed by atoms with van der Waals surface area (Å²) in [6.45, 7) is 1.99. The normalized spacial score (nSPS) is 10.1. The van der Waals surface area contributed by atoms with Crippen molar-refractivity contribution in [1.29, 1.82) is 0 Å². The Balaban J connectivity index is 2.34. The van der Waals surface area contributed by atoms with Crippen LogP contribution in [0.5, 0.6) is 5.75 Å². The summed E-state index contributed by atoms with van der Waals surface area (Å²) in [5, 5.41) is 9.69. The molecular formula is C16H14O4. The van der Waals surface area contributed by atoms with Crippen LogP contribution in [0, 0.1) is 0 Å². The van der Waals surface area contributed by atoms with Crippen LogP contribution in [0.2, 0.25) is 0 Å². The number of para-hydroxylation sites is 1. The van der Waals surface area contributed by atoms with Gasteiger partial charge in [-0.2, -0.15) is 0 Å². The number of phenols is 1. The zero-order chi connectivity index (χ0) is 14.5. The molecule has 0 aliphatic rings. The highest BCUT2D eigenvalue weighted by Crippen LogP contribution is 2.20. The number of ketones is 1. The maximum atomic E-state index is 12.3. The van der Waals surface area contributed by atoms with Gasteiger partial charge in [0, 0.05) is 5.56 Å². The number of hydrogen-bond acceptors (Lipinski definition) is 4. The summed E-state index contributed by atoms with van der Waals surface area (Å²) >= 11 is 0. The summed E-state index contributed by atoms with van der Waals surface area (Å²) in [4.78, 5) is 23.9. The molecule has 1 N–H and O–H groups in total. The van der Waals surface area contributed by atoms with E-state index in [0.717, 1.165) is 0 Å². The largest absolute Gasteiger partial charge is 0.507 e. The lowest BCUT2D eigenvalue weighted by Gasteiger charge is -2.06. The number of hydrogen-bond donors (Lipinski definition) is 1. The van der Waals surface area contributed by atoms with Crippen molar-refractivity contribution in [3.63, 3.8) is 0 Å². The standard InChI is InChI=1S/C16H14O4/c1-2-20-16(19)12-7-5-6-11(10-12)15(18)13-8-3-4-9-14(13)17/h3-10,17H,2H2,1H3. The molecule has 0 heterocycles. The average molecular weight is 270 g/mol. The van der Waals surface area contributed by atoms with Crippen molar-refractivity contribution >= 4 is 11.8 Å². The molecule has 0 aliphatic heterocycles. The van der Waals surface area contributed by atoms with E-state index >= 15 is 0 Å². The van der Waals surface area contributed by atoms with Gasteiger partial charge in [-0.3, -0.25) is 4.79 Å². The van der Waals surface area contributed by atoms with Gasteiger partial charge >= 0.3 is 5.97 Å². The molecule has 0 aromatic heterocycles. The Morgan fingerprint density at radius 3 is 2.45 bits per heavy atom. The molecule has 2 rings (SSSR count). The number of aromatic hydroxyl groups is 1. The molecule has 0 atom stereocenters. The lowest BCUT2D eigenvalue weighted by atomic mass is 10.0. The number of phenolic OH excluding ortho intramolecular Hbond substituents is 1. The van der Waals surface area contributed by atoms with E-state index in [0.29, 0.717) is 11.1 Å². The zero-order valence-electron chi connectivity index (χ0n) is 11.0. The summed E-state index contributed by atoms with van der Waals surface area (Å²) < 4.78 is 4.89. The molecular weight excluding hydrogens is 256 g/mol. The molecule has 102 valence electrons. The van der Waals surface area contributed by atoms with Crippen molar-refractivity contribution in [2.45, 2.75) is 6.92 Å². The first kappa shape index (κ1) is 13.8. The number of carbonyl (C=O) groups is 2. The van der Waals surface area contributed by atoms with Gasteiger partial charge < -0.3 is 9.84 Å². The Kier molecular flexibility index (Phi) is 4.15. The molecule has 20 heavy (non-hydrogen) atoms. The third-order valence-electron chi connectivity index (χ3n) is 2.78. The van der Waals surface area contributed by atoms with Gasteiger partial charge in [0.05, 0.1) is 17.7 Å². The van der Waals surface area contributed by atoms with Gasteiger partial charge in [0.15, 0.2) is 5.78 Å². The van der Waals surface area contributed by atoms with E-state index in [9.17, 15) is 14.7 Å². The van der Waals surface area contributed by atoms with E-state index < -0.39 is 5.97 Å². The minimum atomic E-state index is -0.473. The lowest BCUT2D eigenvalue weighted by Crippen LogP contribution is -2.07. The topological polar surface area (TPSA) is 63.6 Å². The first-order valence-electron chi connectivity index (χ1n) is 6.23. The van der Waals surface area contributed by atoms with Crippen molar-refractivity contribution in [1.82, 2.24) is 0 Å². The van der Waals surface area contributed by atoms with E-state index in [-0.39, 0.29) is 23.7 Å². The van der Waals surface area contributed by atoms with Crippen LogP contribution >= 0.6 is 0 Å². The van der Waals surface area contributed by atoms with Crippen molar-refractivity contribution in [2.24, 2.45) is 0 Å². The van der Waals surface area contributed by atoms with Gasteiger partial charge in [0.1, 0.15) is 5.75 Å². The van der Waals surface area contributed by atoms with E-state index in [1.807, 2.05) is 0 Å². The van der Waals surface area contributed by atoms with Gasteiger partial charge in [-0.1, -0.05) is 24.3 Å². The summed E-state index contributed by atoms with van der Waals surface area (Å²) in [6, 6.07) is 12.5. The third kappa shape index (κ3) is 2.85. The molecule has 2 aromatic carbocycles. The van der Waals surface area contributed by atoms with Crippen molar-refractivity contribution in [3.05, 3.63) is 65.2 Å². The second-order valence-electron chi connectivity index (χ2n) is 4.15. The highest BCUT2D eigenvalue weighted by molar-refractivity contribution is 6.11. The quantitative estimate of drug-likeness (QED) is 0.685. The second-order valence-corrected chi connectivity index (χ2v) is 4.15. The molecule has 0 bridgehead atoms. The van der Waals surface area contributed by atoms with Crippen LogP contribution in [0.1, 0.15) is 33.2 Å². The fourth-order valence-electron chi connectivity index (χ4n) is 1.82. The molecule has 0 aliphatic carbocycles. The van der Waals surface area contributed by atoms with E-state index in [1.54, 1.807) is 37.3 Å². The van der Waals surface area contributed by atoms with Crippen LogP contribution in [-0.4, -0.2) is 23.5 Å². The Morgan fingerprint density at radius 2 is 1.75 bits per heavy atom. The minimum absolute atomic E-state index is 0.0842. The number of ether oxygens (including phenoxy) is 1. The fraction of sp³-hybridized carbons (Fsp3) is 0.125. The van der Waals surface area contributed by atoms with Crippen LogP contribution < -0.4 is 0 Å². The van der Waals surface area contributed by atoms with Gasteiger partial charge in [-0.05, 0) is 31.2 Å². The summed E-state index contributed by atoms with van der Waals surface area (Å²) in [5.74, 6) is -0.896. The molecule has 4 nitrogen and oxygen atoms in total. The van der Waals surface area contributed by atoms with Crippen LogP contribution in [-0.2, 0) is 4.74 Å². The van der Waals surface area contributed by atoms with Gasteiger partial charge in [0.2, 0.25) is 0 Å². The number of carbonyl (C=O) groups excluding carboxylic acids is 2.